The average Bonchev–Trinajstić information content (AvgIpc) is 2.60. The van der Waals surface area contributed by atoms with Crippen molar-refractivity contribution >= 4 is 11.7 Å². The Balaban J connectivity index is 1.94. The molecule has 0 aliphatic carbocycles. The molecule has 0 aliphatic heterocycles. The molecule has 0 aliphatic rings. The molecule has 0 fully saturated rings. The van der Waals surface area contributed by atoms with Crippen LogP contribution in [-0.2, 0) is 6.54 Å². The summed E-state index contributed by atoms with van der Waals surface area (Å²) in [5, 5.41) is 5.39. The molecule has 0 bridgehead atoms. The maximum Gasteiger partial charge on any atom is 0.387 e. The van der Waals surface area contributed by atoms with Crippen molar-refractivity contribution in [3.8, 4) is 11.5 Å². The predicted molar refractivity (Wildman–Crippen MR) is 96.0 cm³/mol. The fraction of sp³-hybridized carbons (Fsp3) is 0.316. The summed E-state index contributed by atoms with van der Waals surface area (Å²) >= 11 is 0. The summed E-state index contributed by atoms with van der Waals surface area (Å²) in [6.45, 7) is 1.38. The van der Waals surface area contributed by atoms with Crippen LogP contribution < -0.4 is 20.1 Å². The number of alkyl halides is 2. The number of rotatable bonds is 7. The van der Waals surface area contributed by atoms with Crippen molar-refractivity contribution in [2.24, 2.45) is 0 Å². The number of hydrogen-bond donors (Lipinski definition) is 2. The lowest BCUT2D eigenvalue weighted by atomic mass is 10.0. The fourth-order valence-corrected chi connectivity index (χ4v) is 2.33. The molecule has 140 valence electrons. The summed E-state index contributed by atoms with van der Waals surface area (Å²) in [4.78, 5) is 12.0. The van der Waals surface area contributed by atoms with Crippen LogP contribution in [0.1, 0.15) is 30.9 Å². The third-order valence-electron chi connectivity index (χ3n) is 3.73. The Bertz CT molecular complexity index is 734. The van der Waals surface area contributed by atoms with E-state index in [0.29, 0.717) is 17.2 Å². The van der Waals surface area contributed by atoms with E-state index in [1.807, 2.05) is 24.3 Å². The average molecular weight is 364 g/mol. The molecule has 2 amide bonds. The molecule has 2 aromatic rings. The molecule has 0 heterocycles. The first-order valence-corrected chi connectivity index (χ1v) is 8.15. The second-order valence-corrected chi connectivity index (χ2v) is 5.95. The van der Waals surface area contributed by atoms with Crippen LogP contribution in [0.4, 0.5) is 19.3 Å². The van der Waals surface area contributed by atoms with Gasteiger partial charge < -0.3 is 20.1 Å². The molecular weight excluding hydrogens is 342 g/mol. The second kappa shape index (κ2) is 9.03. The van der Waals surface area contributed by atoms with Crippen LogP contribution >= 0.6 is 0 Å². The van der Waals surface area contributed by atoms with E-state index in [0.717, 1.165) is 0 Å². The Kier molecular flexibility index (Phi) is 6.77. The smallest absolute Gasteiger partial charge is 0.387 e. The maximum absolute atomic E-state index is 12.4. The first-order chi connectivity index (χ1) is 12.4. The van der Waals surface area contributed by atoms with Gasteiger partial charge in [-0.25, -0.2) is 4.79 Å². The Morgan fingerprint density at radius 2 is 1.77 bits per heavy atom. The summed E-state index contributed by atoms with van der Waals surface area (Å²) in [6, 6.07) is 11.8. The Hall–Kier alpha value is -2.83. The number of urea groups is 1. The topological polar surface area (TPSA) is 59.6 Å². The molecule has 0 aromatic heterocycles. The van der Waals surface area contributed by atoms with E-state index in [9.17, 15) is 13.6 Å². The minimum absolute atomic E-state index is 0.0773. The van der Waals surface area contributed by atoms with Gasteiger partial charge in [0.15, 0.2) is 11.5 Å². The molecule has 2 rings (SSSR count). The van der Waals surface area contributed by atoms with Crippen LogP contribution in [-0.4, -0.2) is 19.8 Å². The van der Waals surface area contributed by atoms with E-state index in [1.165, 1.54) is 24.8 Å². The van der Waals surface area contributed by atoms with E-state index < -0.39 is 12.6 Å². The molecule has 26 heavy (non-hydrogen) atoms. The van der Waals surface area contributed by atoms with E-state index in [-0.39, 0.29) is 18.0 Å². The minimum Gasteiger partial charge on any atom is -0.493 e. The number of carbonyl (C=O) groups is 1. The number of methoxy groups -OCH3 is 1. The zero-order valence-corrected chi connectivity index (χ0v) is 14.9. The first kappa shape index (κ1) is 19.5. The Morgan fingerprint density at radius 3 is 2.35 bits per heavy atom. The van der Waals surface area contributed by atoms with Crippen LogP contribution in [0.25, 0.3) is 0 Å². The molecule has 0 atom stereocenters. The standard InChI is InChI=1S/C19H22F2N2O3/c1-12(2)14-5-7-15(8-6-14)23-19(24)22-11-13-4-9-16(25-3)17(10-13)26-18(20)21/h4-10,12,18H,11H2,1-3H3,(H2,22,23,24). The summed E-state index contributed by atoms with van der Waals surface area (Å²) in [5.74, 6) is 0.535. The summed E-state index contributed by atoms with van der Waals surface area (Å²) in [5.41, 5.74) is 2.45. The van der Waals surface area contributed by atoms with Crippen molar-refractivity contribution in [2.75, 3.05) is 12.4 Å². The number of nitrogens with one attached hydrogen (secondary N) is 2. The molecule has 5 nitrogen and oxygen atoms in total. The number of halogens is 2. The van der Waals surface area contributed by atoms with Crippen molar-refractivity contribution in [3.05, 3.63) is 53.6 Å². The van der Waals surface area contributed by atoms with Gasteiger partial charge in [-0.05, 0) is 41.3 Å². The van der Waals surface area contributed by atoms with Gasteiger partial charge in [-0.1, -0.05) is 32.0 Å². The summed E-state index contributed by atoms with van der Waals surface area (Å²) < 4.78 is 34.3. The third kappa shape index (κ3) is 5.61. The van der Waals surface area contributed by atoms with Crippen molar-refractivity contribution in [1.82, 2.24) is 5.32 Å². The lowest BCUT2D eigenvalue weighted by Gasteiger charge is -2.13. The number of hydrogen-bond acceptors (Lipinski definition) is 3. The van der Waals surface area contributed by atoms with Gasteiger partial charge in [0.25, 0.3) is 0 Å². The summed E-state index contributed by atoms with van der Waals surface area (Å²) in [6.07, 6.45) is 0. The third-order valence-corrected chi connectivity index (χ3v) is 3.73. The van der Waals surface area contributed by atoms with Crippen molar-refractivity contribution < 1.29 is 23.0 Å². The van der Waals surface area contributed by atoms with Crippen LogP contribution in [0.5, 0.6) is 11.5 Å². The van der Waals surface area contributed by atoms with Crippen LogP contribution in [0.2, 0.25) is 0 Å². The molecule has 7 heteroatoms. The van der Waals surface area contributed by atoms with Crippen LogP contribution in [0, 0.1) is 0 Å². The van der Waals surface area contributed by atoms with Gasteiger partial charge in [0.05, 0.1) is 7.11 Å². The van der Waals surface area contributed by atoms with E-state index in [1.54, 1.807) is 6.07 Å². The van der Waals surface area contributed by atoms with Gasteiger partial charge in [-0.2, -0.15) is 8.78 Å². The highest BCUT2D eigenvalue weighted by Crippen LogP contribution is 2.29. The molecule has 2 N–H and O–H groups in total. The lowest BCUT2D eigenvalue weighted by Crippen LogP contribution is -2.28. The van der Waals surface area contributed by atoms with Gasteiger partial charge in [-0.3, -0.25) is 0 Å². The Labute approximate surface area is 151 Å². The minimum atomic E-state index is -2.95. The second-order valence-electron chi connectivity index (χ2n) is 5.95. The zero-order chi connectivity index (χ0) is 19.1. The number of anilines is 1. The highest BCUT2D eigenvalue weighted by molar-refractivity contribution is 5.89. The molecule has 0 saturated carbocycles. The zero-order valence-electron chi connectivity index (χ0n) is 14.9. The number of benzene rings is 2. The molecular formula is C19H22F2N2O3. The molecule has 2 aromatic carbocycles. The lowest BCUT2D eigenvalue weighted by molar-refractivity contribution is -0.0512. The van der Waals surface area contributed by atoms with Gasteiger partial charge in [0.2, 0.25) is 0 Å². The highest BCUT2D eigenvalue weighted by atomic mass is 19.3. The molecule has 0 radical (unpaired) electrons. The van der Waals surface area contributed by atoms with Gasteiger partial charge >= 0.3 is 12.6 Å². The van der Waals surface area contributed by atoms with E-state index >= 15 is 0 Å². The van der Waals surface area contributed by atoms with Crippen LogP contribution in [0.15, 0.2) is 42.5 Å². The largest absolute Gasteiger partial charge is 0.493 e. The van der Waals surface area contributed by atoms with Crippen molar-refractivity contribution in [1.29, 1.82) is 0 Å². The predicted octanol–water partition coefficient (Wildman–Crippen LogP) is 4.74. The highest BCUT2D eigenvalue weighted by Gasteiger charge is 2.12. The quantitative estimate of drug-likeness (QED) is 0.746. The fourth-order valence-electron chi connectivity index (χ4n) is 2.33. The number of carbonyl (C=O) groups excluding carboxylic acids is 1. The Morgan fingerprint density at radius 1 is 1.08 bits per heavy atom. The molecule has 0 saturated heterocycles. The van der Waals surface area contributed by atoms with Gasteiger partial charge in [0, 0.05) is 12.2 Å². The SMILES string of the molecule is COc1ccc(CNC(=O)Nc2ccc(C(C)C)cc2)cc1OC(F)F. The van der Waals surface area contributed by atoms with Gasteiger partial charge in [-0.15, -0.1) is 0 Å². The summed E-state index contributed by atoms with van der Waals surface area (Å²) in [7, 11) is 1.36. The monoisotopic (exact) mass is 364 g/mol. The number of ether oxygens (including phenoxy) is 2. The van der Waals surface area contributed by atoms with Gasteiger partial charge in [0.1, 0.15) is 0 Å². The molecule has 0 spiro atoms. The normalized spacial score (nSPS) is 10.7. The number of amides is 2. The maximum atomic E-state index is 12.4. The van der Waals surface area contributed by atoms with Crippen LogP contribution in [0.3, 0.4) is 0 Å². The van der Waals surface area contributed by atoms with E-state index in [4.69, 9.17) is 4.74 Å². The van der Waals surface area contributed by atoms with E-state index in [2.05, 4.69) is 29.2 Å². The molecule has 0 unspecified atom stereocenters. The van der Waals surface area contributed by atoms with Crippen molar-refractivity contribution in [3.63, 3.8) is 0 Å². The van der Waals surface area contributed by atoms with Crippen molar-refractivity contribution in [2.45, 2.75) is 32.9 Å². The first-order valence-electron chi connectivity index (χ1n) is 8.15.